The number of hydrogen-bond acceptors (Lipinski definition) is 6. The predicted octanol–water partition coefficient (Wildman–Crippen LogP) is 1.34. The first kappa shape index (κ1) is 19.4. The number of aromatic amines is 1. The fourth-order valence-corrected chi connectivity index (χ4v) is 4.52. The first-order chi connectivity index (χ1) is 15.0. The van der Waals surface area contributed by atoms with Crippen molar-refractivity contribution in [2.75, 3.05) is 31.6 Å². The Morgan fingerprint density at radius 3 is 2.77 bits per heavy atom. The minimum atomic E-state index is -0.328. The molecule has 5 rings (SSSR count). The van der Waals surface area contributed by atoms with Crippen LogP contribution in [-0.2, 0) is 11.3 Å². The van der Waals surface area contributed by atoms with Crippen LogP contribution in [0, 0.1) is 0 Å². The van der Waals surface area contributed by atoms with E-state index in [0.29, 0.717) is 19.6 Å². The highest BCUT2D eigenvalue weighted by Crippen LogP contribution is 2.37. The van der Waals surface area contributed by atoms with Gasteiger partial charge >= 0.3 is 6.03 Å². The van der Waals surface area contributed by atoms with Crippen LogP contribution in [0.25, 0.3) is 22.3 Å². The molecular weight excluding hydrogens is 396 g/mol. The van der Waals surface area contributed by atoms with E-state index in [4.69, 9.17) is 10.7 Å². The lowest BCUT2D eigenvalue weighted by molar-refractivity contribution is -0.119. The largest absolute Gasteiger partial charge is 0.369 e. The van der Waals surface area contributed by atoms with Gasteiger partial charge in [-0.15, -0.1) is 0 Å². The monoisotopic (exact) mass is 420 g/mol. The maximum Gasteiger partial charge on any atom is 0.324 e. The molecule has 1 fully saturated rings. The van der Waals surface area contributed by atoms with Gasteiger partial charge in [0.25, 0.3) is 0 Å². The average molecular weight is 420 g/mol. The van der Waals surface area contributed by atoms with Gasteiger partial charge in [0.05, 0.1) is 36.2 Å². The lowest BCUT2D eigenvalue weighted by atomic mass is 9.99. The normalized spacial score (nSPS) is 17.9. The van der Waals surface area contributed by atoms with Crippen LogP contribution >= 0.6 is 0 Å². The minimum absolute atomic E-state index is 0.0168. The van der Waals surface area contributed by atoms with Crippen molar-refractivity contribution >= 4 is 28.7 Å². The van der Waals surface area contributed by atoms with Gasteiger partial charge in [-0.05, 0) is 25.0 Å². The Kier molecular flexibility index (Phi) is 4.78. The number of carbonyl (C=O) groups excluding carboxylic acids is 2. The van der Waals surface area contributed by atoms with Crippen molar-refractivity contribution in [1.29, 1.82) is 0 Å². The van der Waals surface area contributed by atoms with Gasteiger partial charge < -0.3 is 10.6 Å². The molecule has 10 heteroatoms. The van der Waals surface area contributed by atoms with E-state index in [1.807, 2.05) is 28.1 Å². The number of nitrogens with zero attached hydrogens (tertiary/aromatic N) is 6. The molecule has 0 atom stereocenters. The number of piperidine rings is 1. The molecule has 0 radical (unpaired) electrons. The van der Waals surface area contributed by atoms with Crippen molar-refractivity contribution in [1.82, 2.24) is 30.0 Å². The molecule has 0 unspecified atom stereocenters. The van der Waals surface area contributed by atoms with Crippen molar-refractivity contribution in [2.24, 2.45) is 5.73 Å². The van der Waals surface area contributed by atoms with Crippen LogP contribution in [0.15, 0.2) is 30.7 Å². The zero-order valence-electron chi connectivity index (χ0n) is 17.3. The molecule has 1 saturated heterocycles. The fraction of sp³-hybridized carbons (Fsp3) is 0.381. The number of rotatable bonds is 4. The molecule has 3 amide bonds. The number of nitrogens with one attached hydrogen (secondary N) is 1. The van der Waals surface area contributed by atoms with Crippen molar-refractivity contribution in [3.63, 3.8) is 0 Å². The number of nitrogens with two attached hydrogens (primary N) is 1. The highest BCUT2D eigenvalue weighted by atomic mass is 16.2. The van der Waals surface area contributed by atoms with Crippen molar-refractivity contribution in [3.05, 3.63) is 36.3 Å². The standard InChI is InChI=1S/C21H24N8O2/c1-27-11-14-8-23-17-3-2-16(13-9-24-25-10-13)26-19(17)20(14)29(21(27)31)15-4-6-28(7-5-15)12-18(22)30/h2-3,8-10,15H,4-7,11-12H2,1H3,(H2,22,30)(H,24,25). The van der Waals surface area contributed by atoms with E-state index in [2.05, 4.69) is 15.2 Å². The fourth-order valence-electron chi connectivity index (χ4n) is 4.52. The molecule has 31 heavy (non-hydrogen) atoms. The topological polar surface area (TPSA) is 124 Å². The molecule has 5 heterocycles. The summed E-state index contributed by atoms with van der Waals surface area (Å²) in [6.45, 7) is 2.17. The molecular formula is C21H24N8O2. The van der Waals surface area contributed by atoms with Crippen LogP contribution in [0.3, 0.4) is 0 Å². The molecule has 0 aromatic carbocycles. The molecule has 3 N–H and O–H groups in total. The number of carbonyl (C=O) groups is 2. The summed E-state index contributed by atoms with van der Waals surface area (Å²) >= 11 is 0. The third-order valence-corrected chi connectivity index (χ3v) is 6.04. The zero-order valence-corrected chi connectivity index (χ0v) is 17.3. The Bertz CT molecular complexity index is 1140. The SMILES string of the molecule is CN1Cc2cnc3ccc(-c4cn[nH]c4)nc3c2N(C2CCN(CC(N)=O)CC2)C1=O. The van der Waals surface area contributed by atoms with E-state index >= 15 is 0 Å². The van der Waals surface area contributed by atoms with Crippen LogP contribution < -0.4 is 10.6 Å². The van der Waals surface area contributed by atoms with E-state index in [-0.39, 0.29) is 24.5 Å². The molecule has 2 aliphatic heterocycles. The Morgan fingerprint density at radius 2 is 2.06 bits per heavy atom. The van der Waals surface area contributed by atoms with E-state index in [9.17, 15) is 9.59 Å². The Balaban J connectivity index is 1.56. The van der Waals surface area contributed by atoms with E-state index < -0.39 is 0 Å². The summed E-state index contributed by atoms with van der Waals surface area (Å²) in [6, 6.07) is 3.82. The van der Waals surface area contributed by atoms with Gasteiger partial charge in [-0.25, -0.2) is 9.78 Å². The number of aromatic nitrogens is 4. The number of primary amides is 1. The second-order valence-electron chi connectivity index (χ2n) is 8.17. The van der Waals surface area contributed by atoms with Crippen LogP contribution in [0.2, 0.25) is 0 Å². The quantitative estimate of drug-likeness (QED) is 0.656. The number of likely N-dealkylation sites (tertiary alicyclic amines) is 1. The molecule has 160 valence electrons. The summed E-state index contributed by atoms with van der Waals surface area (Å²) in [5.74, 6) is -0.328. The van der Waals surface area contributed by atoms with Gasteiger partial charge in [0.15, 0.2) is 0 Å². The van der Waals surface area contributed by atoms with Crippen molar-refractivity contribution in [2.45, 2.75) is 25.4 Å². The van der Waals surface area contributed by atoms with Crippen molar-refractivity contribution in [3.8, 4) is 11.3 Å². The van der Waals surface area contributed by atoms with Crippen LogP contribution in [0.5, 0.6) is 0 Å². The summed E-state index contributed by atoms with van der Waals surface area (Å²) in [6.07, 6.45) is 6.88. The van der Waals surface area contributed by atoms with Gasteiger partial charge in [0, 0.05) is 49.7 Å². The minimum Gasteiger partial charge on any atom is -0.369 e. The number of hydrogen-bond donors (Lipinski definition) is 2. The van der Waals surface area contributed by atoms with E-state index in [1.165, 1.54) is 0 Å². The second kappa shape index (κ2) is 7.62. The summed E-state index contributed by atoms with van der Waals surface area (Å²) in [5.41, 5.74) is 10.3. The van der Waals surface area contributed by atoms with Gasteiger partial charge in [0.1, 0.15) is 5.52 Å². The highest BCUT2D eigenvalue weighted by molar-refractivity contribution is 6.04. The molecule has 3 aromatic heterocycles. The first-order valence-electron chi connectivity index (χ1n) is 10.3. The summed E-state index contributed by atoms with van der Waals surface area (Å²) in [7, 11) is 1.81. The van der Waals surface area contributed by atoms with Crippen LogP contribution in [0.1, 0.15) is 18.4 Å². The molecule has 0 aliphatic carbocycles. The number of amides is 3. The average Bonchev–Trinajstić information content (AvgIpc) is 3.30. The Morgan fingerprint density at radius 1 is 1.26 bits per heavy atom. The number of anilines is 1. The third kappa shape index (κ3) is 3.48. The Hall–Kier alpha value is -3.53. The number of urea groups is 1. The van der Waals surface area contributed by atoms with E-state index in [1.54, 1.807) is 24.3 Å². The molecule has 10 nitrogen and oxygen atoms in total. The van der Waals surface area contributed by atoms with E-state index in [0.717, 1.165) is 46.4 Å². The molecule has 0 saturated carbocycles. The maximum atomic E-state index is 13.3. The lowest BCUT2D eigenvalue weighted by Crippen LogP contribution is -2.54. The van der Waals surface area contributed by atoms with Crippen molar-refractivity contribution < 1.29 is 9.59 Å². The maximum absolute atomic E-state index is 13.3. The molecule has 2 aliphatic rings. The third-order valence-electron chi connectivity index (χ3n) is 6.04. The summed E-state index contributed by atoms with van der Waals surface area (Å²) in [5, 5.41) is 6.83. The molecule has 3 aromatic rings. The molecule has 0 bridgehead atoms. The first-order valence-corrected chi connectivity index (χ1v) is 10.3. The highest BCUT2D eigenvalue weighted by Gasteiger charge is 2.37. The lowest BCUT2D eigenvalue weighted by Gasteiger charge is -2.43. The van der Waals surface area contributed by atoms with Gasteiger partial charge in [-0.1, -0.05) is 0 Å². The predicted molar refractivity (Wildman–Crippen MR) is 115 cm³/mol. The zero-order chi connectivity index (χ0) is 21.5. The summed E-state index contributed by atoms with van der Waals surface area (Å²) in [4.78, 5) is 39.7. The number of H-pyrrole nitrogens is 1. The second-order valence-corrected chi connectivity index (χ2v) is 8.17. The smallest absolute Gasteiger partial charge is 0.324 e. The van der Waals surface area contributed by atoms with Crippen LogP contribution in [0.4, 0.5) is 10.5 Å². The Labute approximate surface area is 179 Å². The summed E-state index contributed by atoms with van der Waals surface area (Å²) < 4.78 is 0. The van der Waals surface area contributed by atoms with Gasteiger partial charge in [-0.2, -0.15) is 5.10 Å². The van der Waals surface area contributed by atoms with Gasteiger partial charge in [0.2, 0.25) is 5.91 Å². The number of fused-ring (bicyclic) bond motifs is 3. The molecule has 0 spiro atoms. The van der Waals surface area contributed by atoms with Gasteiger partial charge in [-0.3, -0.25) is 24.7 Å². The van der Waals surface area contributed by atoms with Crippen LogP contribution in [-0.4, -0.2) is 74.6 Å². The number of pyridine rings is 2.